The van der Waals surface area contributed by atoms with Crippen molar-refractivity contribution in [2.75, 3.05) is 6.61 Å². The monoisotopic (exact) mass is 148 g/mol. The second-order valence-electron chi connectivity index (χ2n) is 2.28. The maximum atomic E-state index is 5.01. The zero-order chi connectivity index (χ0) is 7.52. The van der Waals surface area contributed by atoms with Gasteiger partial charge in [-0.2, -0.15) is 5.10 Å². The first-order valence-electron chi connectivity index (χ1n) is 3.44. The highest BCUT2D eigenvalue weighted by atomic mass is 16.5. The Kier molecular flexibility index (Phi) is 1.48. The first-order valence-corrected chi connectivity index (χ1v) is 3.44. The van der Waals surface area contributed by atoms with Crippen molar-refractivity contribution in [3.05, 3.63) is 36.4 Å². The lowest BCUT2D eigenvalue weighted by molar-refractivity contribution is 0.287. The first kappa shape index (κ1) is 6.22. The molecule has 0 radical (unpaired) electrons. The van der Waals surface area contributed by atoms with Gasteiger partial charge in [-0.25, -0.2) is 0 Å². The summed E-state index contributed by atoms with van der Waals surface area (Å²) in [4.78, 5) is 0. The van der Waals surface area contributed by atoms with Gasteiger partial charge in [0.1, 0.15) is 6.61 Å². The molecule has 0 aromatic carbocycles. The van der Waals surface area contributed by atoms with E-state index in [2.05, 4.69) is 10.2 Å². The highest BCUT2D eigenvalue weighted by Gasteiger charge is 2.00. The van der Waals surface area contributed by atoms with Crippen LogP contribution in [0.15, 0.2) is 30.8 Å². The van der Waals surface area contributed by atoms with Crippen LogP contribution in [0.5, 0.6) is 0 Å². The van der Waals surface area contributed by atoms with Crippen LogP contribution < -0.4 is 0 Å². The van der Waals surface area contributed by atoms with E-state index in [1.54, 1.807) is 12.5 Å². The number of hydrogen-bond donors (Lipinski definition) is 1. The molecule has 11 heavy (non-hydrogen) atoms. The van der Waals surface area contributed by atoms with Crippen LogP contribution in [0.3, 0.4) is 0 Å². The second-order valence-corrected chi connectivity index (χ2v) is 2.28. The summed E-state index contributed by atoms with van der Waals surface area (Å²) in [5.74, 6) is 0. The van der Waals surface area contributed by atoms with Gasteiger partial charge in [-0.3, -0.25) is 5.10 Å². The summed E-state index contributed by atoms with van der Waals surface area (Å²) in [5, 5.41) is 6.62. The fraction of sp³-hybridized carbons (Fsp3) is 0.125. The minimum Gasteiger partial charge on any atom is -0.497 e. The number of H-pyrrole nitrogens is 1. The molecule has 0 saturated carbocycles. The number of allylic oxidation sites excluding steroid dienone is 2. The van der Waals surface area contributed by atoms with E-state index in [9.17, 15) is 0 Å². The maximum absolute atomic E-state index is 5.01. The highest BCUT2D eigenvalue weighted by molar-refractivity contribution is 5.73. The van der Waals surface area contributed by atoms with Crippen molar-refractivity contribution >= 4 is 5.57 Å². The van der Waals surface area contributed by atoms with Gasteiger partial charge in [0.05, 0.1) is 12.5 Å². The fourth-order valence-corrected chi connectivity index (χ4v) is 1.01. The van der Waals surface area contributed by atoms with E-state index in [0.29, 0.717) is 6.61 Å². The smallest absolute Gasteiger partial charge is 0.106 e. The molecule has 1 aliphatic rings. The van der Waals surface area contributed by atoms with E-state index in [0.717, 1.165) is 11.1 Å². The standard InChI is InChI=1S/C8H8N2O/c1-3-11-4-2-7(1)8-5-9-10-6-8/h1-3,5-6H,4H2,(H,9,10). The molecule has 0 bridgehead atoms. The molecule has 2 heterocycles. The molecule has 2 rings (SSSR count). The molecular formula is C8H8N2O. The molecule has 0 fully saturated rings. The Hall–Kier alpha value is -1.51. The summed E-state index contributed by atoms with van der Waals surface area (Å²) in [7, 11) is 0. The van der Waals surface area contributed by atoms with E-state index >= 15 is 0 Å². The van der Waals surface area contributed by atoms with Crippen molar-refractivity contribution in [1.29, 1.82) is 0 Å². The molecule has 1 N–H and O–H groups in total. The fourth-order valence-electron chi connectivity index (χ4n) is 1.01. The molecule has 3 heteroatoms. The van der Waals surface area contributed by atoms with E-state index in [1.807, 2.05) is 18.3 Å². The van der Waals surface area contributed by atoms with Crippen LogP contribution in [0.2, 0.25) is 0 Å². The average Bonchev–Trinajstić information content (AvgIpc) is 2.58. The zero-order valence-electron chi connectivity index (χ0n) is 5.95. The summed E-state index contributed by atoms with van der Waals surface area (Å²) in [6, 6.07) is 0. The van der Waals surface area contributed by atoms with Gasteiger partial charge in [-0.15, -0.1) is 0 Å². The van der Waals surface area contributed by atoms with Gasteiger partial charge in [0.2, 0.25) is 0 Å². The van der Waals surface area contributed by atoms with Crippen LogP contribution in [0.1, 0.15) is 5.56 Å². The molecule has 0 aliphatic carbocycles. The number of hydrogen-bond acceptors (Lipinski definition) is 2. The Balaban J connectivity index is 2.29. The molecule has 1 aromatic rings. The van der Waals surface area contributed by atoms with Crippen LogP contribution in [-0.2, 0) is 4.74 Å². The molecule has 0 atom stereocenters. The molecule has 3 nitrogen and oxygen atoms in total. The predicted molar refractivity (Wildman–Crippen MR) is 41.7 cm³/mol. The van der Waals surface area contributed by atoms with Gasteiger partial charge in [-0.1, -0.05) is 0 Å². The summed E-state index contributed by atoms with van der Waals surface area (Å²) >= 11 is 0. The number of rotatable bonds is 1. The van der Waals surface area contributed by atoms with Crippen LogP contribution in [0.25, 0.3) is 5.57 Å². The average molecular weight is 148 g/mol. The van der Waals surface area contributed by atoms with Crippen molar-refractivity contribution in [2.24, 2.45) is 0 Å². The lowest BCUT2D eigenvalue weighted by Gasteiger charge is -2.04. The predicted octanol–water partition coefficient (Wildman–Crippen LogP) is 1.34. The van der Waals surface area contributed by atoms with Gasteiger partial charge in [0.25, 0.3) is 0 Å². The minimum atomic E-state index is 0.650. The number of nitrogens with one attached hydrogen (secondary N) is 1. The molecule has 56 valence electrons. The molecule has 1 aromatic heterocycles. The molecule has 0 spiro atoms. The van der Waals surface area contributed by atoms with E-state index in [1.165, 1.54) is 0 Å². The van der Waals surface area contributed by atoms with Crippen LogP contribution in [0, 0.1) is 0 Å². The first-order chi connectivity index (χ1) is 5.47. The summed E-state index contributed by atoms with van der Waals surface area (Å²) in [6.45, 7) is 0.650. The normalized spacial score (nSPS) is 15.8. The minimum absolute atomic E-state index is 0.650. The Morgan fingerprint density at radius 2 is 2.55 bits per heavy atom. The van der Waals surface area contributed by atoms with E-state index < -0.39 is 0 Å². The molecule has 1 aliphatic heterocycles. The van der Waals surface area contributed by atoms with Gasteiger partial charge in [0.15, 0.2) is 0 Å². The third kappa shape index (κ3) is 1.17. The number of aromatic amines is 1. The number of ether oxygens (including phenoxy) is 1. The van der Waals surface area contributed by atoms with Gasteiger partial charge in [0, 0.05) is 11.8 Å². The second kappa shape index (κ2) is 2.62. The summed E-state index contributed by atoms with van der Waals surface area (Å²) in [6.07, 6.45) is 9.30. The van der Waals surface area contributed by atoms with E-state index in [4.69, 9.17) is 4.74 Å². The van der Waals surface area contributed by atoms with Crippen molar-refractivity contribution in [3.63, 3.8) is 0 Å². The third-order valence-corrected chi connectivity index (χ3v) is 1.57. The summed E-state index contributed by atoms with van der Waals surface area (Å²) < 4.78 is 5.01. The van der Waals surface area contributed by atoms with Gasteiger partial charge in [-0.05, 0) is 17.7 Å². The summed E-state index contributed by atoms with van der Waals surface area (Å²) in [5.41, 5.74) is 2.26. The highest BCUT2D eigenvalue weighted by Crippen LogP contribution is 2.16. The Labute approximate surface area is 64.4 Å². The SMILES string of the molecule is C1=CC(c2cn[nH]c2)=CCO1. The zero-order valence-corrected chi connectivity index (χ0v) is 5.95. The Morgan fingerprint density at radius 3 is 3.18 bits per heavy atom. The molecule has 0 saturated heterocycles. The van der Waals surface area contributed by atoms with Crippen molar-refractivity contribution in [3.8, 4) is 0 Å². The topological polar surface area (TPSA) is 37.9 Å². The van der Waals surface area contributed by atoms with Gasteiger partial charge < -0.3 is 4.74 Å². The largest absolute Gasteiger partial charge is 0.497 e. The van der Waals surface area contributed by atoms with Crippen LogP contribution in [0.4, 0.5) is 0 Å². The van der Waals surface area contributed by atoms with E-state index in [-0.39, 0.29) is 0 Å². The van der Waals surface area contributed by atoms with Crippen molar-refractivity contribution < 1.29 is 4.74 Å². The molecule has 0 unspecified atom stereocenters. The number of aromatic nitrogens is 2. The van der Waals surface area contributed by atoms with Crippen molar-refractivity contribution in [1.82, 2.24) is 10.2 Å². The van der Waals surface area contributed by atoms with Crippen LogP contribution in [-0.4, -0.2) is 16.8 Å². The number of nitrogens with zero attached hydrogens (tertiary/aromatic N) is 1. The Morgan fingerprint density at radius 1 is 1.55 bits per heavy atom. The maximum Gasteiger partial charge on any atom is 0.106 e. The van der Waals surface area contributed by atoms with Crippen molar-refractivity contribution in [2.45, 2.75) is 0 Å². The van der Waals surface area contributed by atoms with Gasteiger partial charge >= 0.3 is 0 Å². The third-order valence-electron chi connectivity index (χ3n) is 1.57. The Bertz CT molecular complexity index is 285. The molecular weight excluding hydrogens is 140 g/mol. The molecule has 0 amide bonds. The lowest BCUT2D eigenvalue weighted by Crippen LogP contribution is -1.90. The quantitative estimate of drug-likeness (QED) is 0.652. The lowest BCUT2D eigenvalue weighted by atomic mass is 10.1. The van der Waals surface area contributed by atoms with Crippen LogP contribution >= 0.6 is 0 Å².